The lowest BCUT2D eigenvalue weighted by molar-refractivity contribution is 0.0897. The van der Waals surface area contributed by atoms with Gasteiger partial charge in [-0.05, 0) is 36.2 Å². The molecule has 1 atom stereocenters. The summed E-state index contributed by atoms with van der Waals surface area (Å²) in [4.78, 5) is 16.9. The topological polar surface area (TPSA) is 67.2 Å². The number of carbonyl (C=O) groups excluding carboxylic acids is 1. The van der Waals surface area contributed by atoms with Crippen molar-refractivity contribution >= 4 is 27.5 Å². The Kier molecular flexibility index (Phi) is 4.45. The number of aliphatic hydroxyl groups excluding tert-OH is 1. The minimum absolute atomic E-state index is 0.0655. The number of aliphatic hydroxyl groups is 1. The molecule has 0 aliphatic carbocycles. The van der Waals surface area contributed by atoms with Gasteiger partial charge in [0.1, 0.15) is 0 Å². The van der Waals surface area contributed by atoms with Gasteiger partial charge in [0.2, 0.25) is 0 Å². The van der Waals surface area contributed by atoms with E-state index >= 15 is 0 Å². The molecule has 0 aliphatic heterocycles. The van der Waals surface area contributed by atoms with E-state index in [9.17, 15) is 9.90 Å². The van der Waals surface area contributed by atoms with E-state index in [-0.39, 0.29) is 24.5 Å². The number of fused-ring (bicyclic) bond motifs is 1. The van der Waals surface area contributed by atoms with E-state index in [1.807, 2.05) is 55.1 Å². The molecule has 0 spiro atoms. The third kappa shape index (κ3) is 3.28. The van der Waals surface area contributed by atoms with Gasteiger partial charge in [0.15, 0.2) is 5.13 Å². The number of nitrogens with one attached hydrogen (secondary N) is 1. The smallest absolute Gasteiger partial charge is 0.251 e. The van der Waals surface area contributed by atoms with Gasteiger partial charge in [-0.25, -0.2) is 4.98 Å². The number of amides is 1. The standard InChI is InChI=1S/C17H19N3O2S/c1-11(2)14(10-21)18-16(22)12-5-6-13-15(9-12)23-17(19-13)20-7-3-4-8-20/h3-9,11,14,21H,10H2,1-2H3,(H,18,22)/t14-/m0/s1. The lowest BCUT2D eigenvalue weighted by Crippen LogP contribution is -2.41. The molecule has 0 radical (unpaired) electrons. The van der Waals surface area contributed by atoms with Gasteiger partial charge in [-0.1, -0.05) is 25.2 Å². The molecule has 6 heteroatoms. The maximum atomic E-state index is 12.4. The molecule has 23 heavy (non-hydrogen) atoms. The first-order valence-electron chi connectivity index (χ1n) is 7.54. The molecular formula is C17H19N3O2S. The maximum Gasteiger partial charge on any atom is 0.251 e. The van der Waals surface area contributed by atoms with E-state index in [2.05, 4.69) is 10.3 Å². The van der Waals surface area contributed by atoms with Gasteiger partial charge in [-0.3, -0.25) is 4.79 Å². The summed E-state index contributed by atoms with van der Waals surface area (Å²) in [5.74, 6) is 0.00648. The SMILES string of the molecule is CC(C)[C@H](CO)NC(=O)c1ccc2nc(-n3cccc3)sc2c1. The summed E-state index contributed by atoms with van der Waals surface area (Å²) < 4.78 is 2.91. The van der Waals surface area contributed by atoms with Crippen molar-refractivity contribution in [3.05, 3.63) is 48.3 Å². The number of aromatic nitrogens is 2. The van der Waals surface area contributed by atoms with Crippen LogP contribution in [0, 0.1) is 5.92 Å². The highest BCUT2D eigenvalue weighted by atomic mass is 32.1. The summed E-state index contributed by atoms with van der Waals surface area (Å²) in [5, 5.41) is 13.1. The average Bonchev–Trinajstić information content (AvgIpc) is 3.19. The van der Waals surface area contributed by atoms with Gasteiger partial charge in [0.05, 0.1) is 22.9 Å². The molecule has 2 heterocycles. The van der Waals surface area contributed by atoms with E-state index in [1.165, 1.54) is 11.3 Å². The third-order valence-corrected chi connectivity index (χ3v) is 4.81. The molecule has 0 saturated heterocycles. The van der Waals surface area contributed by atoms with Gasteiger partial charge < -0.3 is 15.0 Å². The second kappa shape index (κ2) is 6.52. The Balaban J connectivity index is 1.86. The van der Waals surface area contributed by atoms with Crippen molar-refractivity contribution in [2.24, 2.45) is 5.92 Å². The molecule has 5 nitrogen and oxygen atoms in total. The number of benzene rings is 1. The van der Waals surface area contributed by atoms with Gasteiger partial charge in [0, 0.05) is 18.0 Å². The average molecular weight is 329 g/mol. The first-order chi connectivity index (χ1) is 11.1. The summed E-state index contributed by atoms with van der Waals surface area (Å²) in [5.41, 5.74) is 1.46. The summed E-state index contributed by atoms with van der Waals surface area (Å²) in [7, 11) is 0. The summed E-state index contributed by atoms with van der Waals surface area (Å²) >= 11 is 1.54. The summed E-state index contributed by atoms with van der Waals surface area (Å²) in [6.45, 7) is 3.87. The number of carbonyl (C=O) groups is 1. The van der Waals surface area contributed by atoms with Gasteiger partial charge >= 0.3 is 0 Å². The fourth-order valence-electron chi connectivity index (χ4n) is 2.30. The van der Waals surface area contributed by atoms with Crippen molar-refractivity contribution in [1.29, 1.82) is 0 Å². The van der Waals surface area contributed by atoms with E-state index in [0.717, 1.165) is 15.3 Å². The fourth-order valence-corrected chi connectivity index (χ4v) is 3.27. The molecule has 2 aromatic heterocycles. The fraction of sp³-hybridized carbons (Fsp3) is 0.294. The molecule has 3 rings (SSSR count). The van der Waals surface area contributed by atoms with Crippen LogP contribution in [0.15, 0.2) is 42.7 Å². The van der Waals surface area contributed by atoms with Crippen LogP contribution in [0.3, 0.4) is 0 Å². The molecule has 0 unspecified atom stereocenters. The van der Waals surface area contributed by atoms with Crippen LogP contribution in [0.25, 0.3) is 15.3 Å². The molecule has 0 aliphatic rings. The van der Waals surface area contributed by atoms with E-state index < -0.39 is 0 Å². The van der Waals surface area contributed by atoms with Gasteiger partial charge in [-0.15, -0.1) is 0 Å². The molecule has 3 aromatic rings. The van der Waals surface area contributed by atoms with E-state index in [1.54, 1.807) is 6.07 Å². The normalized spacial score (nSPS) is 12.7. The monoisotopic (exact) mass is 329 g/mol. The first-order valence-corrected chi connectivity index (χ1v) is 8.36. The number of hydrogen-bond acceptors (Lipinski definition) is 4. The largest absolute Gasteiger partial charge is 0.394 e. The van der Waals surface area contributed by atoms with Crippen molar-refractivity contribution in [2.75, 3.05) is 6.61 Å². The van der Waals surface area contributed by atoms with Crippen molar-refractivity contribution in [2.45, 2.75) is 19.9 Å². The van der Waals surface area contributed by atoms with Crippen LogP contribution in [0.2, 0.25) is 0 Å². The molecule has 0 saturated carbocycles. The first kappa shape index (κ1) is 15.7. The molecule has 1 amide bonds. The van der Waals surface area contributed by atoms with Crippen molar-refractivity contribution in [3.63, 3.8) is 0 Å². The highest BCUT2D eigenvalue weighted by Gasteiger charge is 2.17. The van der Waals surface area contributed by atoms with Crippen LogP contribution in [-0.4, -0.2) is 33.2 Å². The van der Waals surface area contributed by atoms with Crippen molar-refractivity contribution in [3.8, 4) is 5.13 Å². The summed E-state index contributed by atoms with van der Waals surface area (Å²) in [6.07, 6.45) is 3.89. The predicted molar refractivity (Wildman–Crippen MR) is 92.1 cm³/mol. The van der Waals surface area contributed by atoms with Crippen LogP contribution in [0.4, 0.5) is 0 Å². The Morgan fingerprint density at radius 1 is 1.35 bits per heavy atom. The number of thiazole rings is 1. The Bertz CT molecular complexity index is 808. The molecule has 2 N–H and O–H groups in total. The molecule has 120 valence electrons. The minimum Gasteiger partial charge on any atom is -0.394 e. The van der Waals surface area contributed by atoms with Crippen molar-refractivity contribution in [1.82, 2.24) is 14.9 Å². The van der Waals surface area contributed by atoms with Gasteiger partial charge in [-0.2, -0.15) is 0 Å². The Labute approximate surface area is 138 Å². The van der Waals surface area contributed by atoms with Crippen LogP contribution in [0.1, 0.15) is 24.2 Å². The molecule has 0 bridgehead atoms. The lowest BCUT2D eigenvalue weighted by atomic mass is 10.0. The molecule has 0 fully saturated rings. The van der Waals surface area contributed by atoms with Crippen LogP contribution < -0.4 is 5.32 Å². The summed E-state index contributed by atoms with van der Waals surface area (Å²) in [6, 6.07) is 9.14. The molecular weight excluding hydrogens is 310 g/mol. The lowest BCUT2D eigenvalue weighted by Gasteiger charge is -2.19. The number of hydrogen-bond donors (Lipinski definition) is 2. The zero-order valence-electron chi connectivity index (χ0n) is 13.1. The van der Waals surface area contributed by atoms with Crippen LogP contribution in [0.5, 0.6) is 0 Å². The second-order valence-electron chi connectivity index (χ2n) is 5.78. The third-order valence-electron chi connectivity index (χ3n) is 3.78. The predicted octanol–water partition coefficient (Wildman–Crippen LogP) is 2.83. The van der Waals surface area contributed by atoms with Crippen LogP contribution in [-0.2, 0) is 0 Å². The van der Waals surface area contributed by atoms with Gasteiger partial charge in [0.25, 0.3) is 5.91 Å². The highest BCUT2D eigenvalue weighted by molar-refractivity contribution is 7.20. The number of rotatable bonds is 5. The Hall–Kier alpha value is -2.18. The number of nitrogens with zero attached hydrogens (tertiary/aromatic N) is 2. The second-order valence-corrected chi connectivity index (χ2v) is 6.78. The van der Waals surface area contributed by atoms with E-state index in [0.29, 0.717) is 5.56 Å². The highest BCUT2D eigenvalue weighted by Crippen LogP contribution is 2.26. The minimum atomic E-state index is -0.241. The maximum absolute atomic E-state index is 12.4. The molecule has 1 aromatic carbocycles. The Morgan fingerprint density at radius 3 is 2.74 bits per heavy atom. The van der Waals surface area contributed by atoms with Crippen LogP contribution >= 0.6 is 11.3 Å². The van der Waals surface area contributed by atoms with Crippen molar-refractivity contribution < 1.29 is 9.90 Å². The zero-order valence-corrected chi connectivity index (χ0v) is 13.9. The van der Waals surface area contributed by atoms with E-state index in [4.69, 9.17) is 0 Å². The zero-order chi connectivity index (χ0) is 16.4. The quantitative estimate of drug-likeness (QED) is 0.756. The Morgan fingerprint density at radius 2 is 2.09 bits per heavy atom.